The van der Waals surface area contributed by atoms with Crippen LogP contribution in [0.15, 0.2) is 35.6 Å². The smallest absolute Gasteiger partial charge is 0.116 e. The molecule has 0 amide bonds. The molecule has 120 valence electrons. The van der Waals surface area contributed by atoms with E-state index in [-0.39, 0.29) is 17.8 Å². The highest BCUT2D eigenvalue weighted by atomic mass is 16.5. The molecular formula is C17H25N3O2. The average Bonchev–Trinajstić information content (AvgIpc) is 3.09. The summed E-state index contributed by atoms with van der Waals surface area (Å²) in [5.74, 6) is 1.39. The Hall–Kier alpha value is -1.72. The third kappa shape index (κ3) is 2.44. The number of ether oxygens (including phenoxy) is 1. The lowest BCUT2D eigenvalue weighted by Gasteiger charge is -2.40. The summed E-state index contributed by atoms with van der Waals surface area (Å²) in [6.45, 7) is 6.60. The van der Waals surface area contributed by atoms with Gasteiger partial charge in [-0.25, -0.2) is 0 Å². The monoisotopic (exact) mass is 303 g/mol. The van der Waals surface area contributed by atoms with Gasteiger partial charge in [0.05, 0.1) is 12.6 Å². The lowest BCUT2D eigenvalue weighted by Crippen LogP contribution is -2.41. The molecule has 1 saturated carbocycles. The molecule has 4 atom stereocenters. The van der Waals surface area contributed by atoms with E-state index in [0.717, 1.165) is 17.7 Å². The molecule has 3 rings (SSSR count). The summed E-state index contributed by atoms with van der Waals surface area (Å²) in [5, 5.41) is 10.2. The zero-order chi connectivity index (χ0) is 16.1. The molecule has 5 N–H and O–H groups in total. The van der Waals surface area contributed by atoms with Crippen LogP contribution >= 0.6 is 0 Å². The highest BCUT2D eigenvalue weighted by Gasteiger charge is 2.43. The van der Waals surface area contributed by atoms with Crippen molar-refractivity contribution < 1.29 is 9.84 Å². The van der Waals surface area contributed by atoms with Gasteiger partial charge in [-0.2, -0.15) is 0 Å². The van der Waals surface area contributed by atoms with Crippen LogP contribution in [0, 0.1) is 12.8 Å². The molecule has 5 heteroatoms. The first-order chi connectivity index (χ1) is 10.3. The van der Waals surface area contributed by atoms with Crippen LogP contribution in [0.1, 0.15) is 32.0 Å². The lowest BCUT2D eigenvalue weighted by atomic mass is 9.84. The van der Waals surface area contributed by atoms with Crippen molar-refractivity contribution in [2.45, 2.75) is 44.9 Å². The van der Waals surface area contributed by atoms with E-state index in [0.29, 0.717) is 18.3 Å². The van der Waals surface area contributed by atoms with Crippen LogP contribution in [0.4, 0.5) is 5.82 Å². The lowest BCUT2D eigenvalue weighted by molar-refractivity contribution is -0.0311. The molecule has 0 aliphatic heterocycles. The maximum absolute atomic E-state index is 10.2. The first-order valence-electron chi connectivity index (χ1n) is 7.75. The number of aliphatic hydroxyl groups is 1. The summed E-state index contributed by atoms with van der Waals surface area (Å²) in [6.07, 6.45) is 4.66. The van der Waals surface area contributed by atoms with Gasteiger partial charge in [0.2, 0.25) is 0 Å². The Labute approximate surface area is 131 Å². The van der Waals surface area contributed by atoms with Crippen molar-refractivity contribution in [3.63, 3.8) is 0 Å². The number of aryl methyl sites for hydroxylation is 1. The van der Waals surface area contributed by atoms with Crippen LogP contribution in [-0.4, -0.2) is 27.9 Å². The van der Waals surface area contributed by atoms with Gasteiger partial charge in [-0.3, -0.25) is 0 Å². The van der Waals surface area contributed by atoms with Gasteiger partial charge in [0.1, 0.15) is 17.2 Å². The number of nitrogens with two attached hydrogens (primary N) is 2. The van der Waals surface area contributed by atoms with Gasteiger partial charge in [0.15, 0.2) is 0 Å². The van der Waals surface area contributed by atoms with E-state index in [9.17, 15) is 5.11 Å². The third-order valence-corrected chi connectivity index (χ3v) is 4.93. The van der Waals surface area contributed by atoms with Gasteiger partial charge in [0, 0.05) is 11.7 Å². The average molecular weight is 303 g/mol. The van der Waals surface area contributed by atoms with Crippen LogP contribution in [0.2, 0.25) is 0 Å². The molecule has 4 unspecified atom stereocenters. The Kier molecular flexibility index (Phi) is 3.57. The number of allylic oxidation sites excluding steroid dienone is 1. The van der Waals surface area contributed by atoms with E-state index in [1.54, 1.807) is 6.08 Å². The number of anilines is 1. The number of rotatable bonds is 4. The predicted molar refractivity (Wildman–Crippen MR) is 87.5 cm³/mol. The second-order valence-corrected chi connectivity index (χ2v) is 6.73. The molecule has 0 saturated heterocycles. The van der Waals surface area contributed by atoms with Crippen LogP contribution in [0.3, 0.4) is 0 Å². The van der Waals surface area contributed by atoms with Gasteiger partial charge in [-0.05, 0) is 63.0 Å². The Morgan fingerprint density at radius 3 is 2.64 bits per heavy atom. The standard InChI is InChI=1S/C17H25N3O2/c1-10-4-5-15(19)20(10)16-11(2)14(21)6-7-17(16,3)22-9-12-8-13(12)18/h4-7,12-13,16,21H,8-9,18-19H2,1-3H3. The Morgan fingerprint density at radius 1 is 1.41 bits per heavy atom. The molecule has 22 heavy (non-hydrogen) atoms. The van der Waals surface area contributed by atoms with Gasteiger partial charge in [-0.1, -0.05) is 0 Å². The van der Waals surface area contributed by atoms with E-state index in [2.05, 4.69) is 0 Å². The minimum Gasteiger partial charge on any atom is -0.508 e. The fourth-order valence-corrected chi connectivity index (χ4v) is 3.29. The summed E-state index contributed by atoms with van der Waals surface area (Å²) in [7, 11) is 0. The van der Waals surface area contributed by atoms with Crippen molar-refractivity contribution in [1.29, 1.82) is 0 Å². The van der Waals surface area contributed by atoms with Crippen molar-refractivity contribution in [2.24, 2.45) is 11.7 Å². The summed E-state index contributed by atoms with van der Waals surface area (Å²) < 4.78 is 8.27. The zero-order valence-corrected chi connectivity index (χ0v) is 13.4. The first kappa shape index (κ1) is 15.2. The molecule has 1 aromatic rings. The third-order valence-electron chi connectivity index (χ3n) is 4.93. The second kappa shape index (κ2) is 5.18. The van der Waals surface area contributed by atoms with E-state index in [1.165, 1.54) is 0 Å². The van der Waals surface area contributed by atoms with E-state index >= 15 is 0 Å². The Morgan fingerprint density at radius 2 is 2.09 bits per heavy atom. The Balaban J connectivity index is 1.95. The van der Waals surface area contributed by atoms with Crippen LogP contribution < -0.4 is 11.5 Å². The minimum absolute atomic E-state index is 0.164. The predicted octanol–water partition coefficient (Wildman–Crippen LogP) is 2.44. The molecule has 5 nitrogen and oxygen atoms in total. The van der Waals surface area contributed by atoms with E-state index in [4.69, 9.17) is 16.2 Å². The molecule has 1 fully saturated rings. The van der Waals surface area contributed by atoms with Crippen molar-refractivity contribution >= 4 is 5.82 Å². The van der Waals surface area contributed by atoms with Crippen molar-refractivity contribution in [3.8, 4) is 0 Å². The largest absolute Gasteiger partial charge is 0.508 e. The summed E-state index contributed by atoms with van der Waals surface area (Å²) in [6, 6.07) is 3.96. The van der Waals surface area contributed by atoms with Gasteiger partial charge < -0.3 is 25.9 Å². The molecule has 0 spiro atoms. The first-order valence-corrected chi connectivity index (χ1v) is 7.75. The van der Waals surface area contributed by atoms with Crippen molar-refractivity contribution in [2.75, 3.05) is 12.3 Å². The van der Waals surface area contributed by atoms with Crippen molar-refractivity contribution in [1.82, 2.24) is 4.57 Å². The van der Waals surface area contributed by atoms with Crippen LogP contribution in [0.5, 0.6) is 0 Å². The molecule has 1 heterocycles. The van der Waals surface area contributed by atoms with E-state index < -0.39 is 5.60 Å². The second-order valence-electron chi connectivity index (χ2n) is 6.73. The summed E-state index contributed by atoms with van der Waals surface area (Å²) in [5.41, 5.74) is 13.4. The normalized spacial score (nSPS) is 34.3. The molecule has 0 radical (unpaired) electrons. The topological polar surface area (TPSA) is 86.4 Å². The fraction of sp³-hybridized carbons (Fsp3) is 0.529. The summed E-state index contributed by atoms with van der Waals surface area (Å²) in [4.78, 5) is 0. The minimum atomic E-state index is -0.559. The highest BCUT2D eigenvalue weighted by molar-refractivity contribution is 5.41. The maximum Gasteiger partial charge on any atom is 0.116 e. The number of hydrogen-bond donors (Lipinski definition) is 3. The SMILES string of the molecule is CC1=C(O)C=CC(C)(OCC2CC2N)C1n1c(C)ccc1N. The maximum atomic E-state index is 10.2. The van der Waals surface area contributed by atoms with Gasteiger partial charge >= 0.3 is 0 Å². The quantitative estimate of drug-likeness (QED) is 0.797. The summed E-state index contributed by atoms with van der Waals surface area (Å²) >= 11 is 0. The number of nitrogen functional groups attached to an aromatic ring is 1. The van der Waals surface area contributed by atoms with Crippen molar-refractivity contribution in [3.05, 3.63) is 41.3 Å². The van der Waals surface area contributed by atoms with Gasteiger partial charge in [0.25, 0.3) is 0 Å². The fourth-order valence-electron chi connectivity index (χ4n) is 3.29. The van der Waals surface area contributed by atoms with E-state index in [1.807, 2.05) is 43.5 Å². The van der Waals surface area contributed by atoms with Gasteiger partial charge in [-0.15, -0.1) is 0 Å². The number of aliphatic hydroxyl groups excluding tert-OH is 1. The molecule has 0 bridgehead atoms. The van der Waals surface area contributed by atoms with Crippen LogP contribution in [0.25, 0.3) is 0 Å². The molecular weight excluding hydrogens is 278 g/mol. The zero-order valence-electron chi connectivity index (χ0n) is 13.4. The highest BCUT2D eigenvalue weighted by Crippen LogP contribution is 2.42. The molecule has 1 aromatic heterocycles. The molecule has 2 aliphatic rings. The number of nitrogens with zero attached hydrogens (tertiary/aromatic N) is 1. The number of aromatic nitrogens is 1. The van der Waals surface area contributed by atoms with Crippen LogP contribution in [-0.2, 0) is 4.74 Å². The Bertz CT molecular complexity index is 627. The molecule has 0 aromatic carbocycles. The number of hydrogen-bond acceptors (Lipinski definition) is 4. The molecule has 2 aliphatic carbocycles.